The molecule has 2 amide bonds. The molecule has 1 saturated carbocycles. The lowest BCUT2D eigenvalue weighted by atomic mass is 10.0. The van der Waals surface area contributed by atoms with E-state index >= 15 is 0 Å². The van der Waals surface area contributed by atoms with Gasteiger partial charge >= 0.3 is 12.1 Å². The second-order valence-corrected chi connectivity index (χ2v) is 8.87. The lowest BCUT2D eigenvalue weighted by Gasteiger charge is -2.20. The molecule has 2 N–H and O–H groups in total. The van der Waals surface area contributed by atoms with Crippen molar-refractivity contribution in [2.45, 2.75) is 31.5 Å². The van der Waals surface area contributed by atoms with Gasteiger partial charge in [0.25, 0.3) is 0 Å². The summed E-state index contributed by atoms with van der Waals surface area (Å²) >= 11 is 0. The van der Waals surface area contributed by atoms with Gasteiger partial charge < -0.3 is 20.1 Å². The van der Waals surface area contributed by atoms with Crippen LogP contribution < -0.4 is 10.6 Å². The summed E-state index contributed by atoms with van der Waals surface area (Å²) in [5.41, 5.74) is 2.70. The molecule has 1 aliphatic carbocycles. The van der Waals surface area contributed by atoms with Crippen molar-refractivity contribution >= 4 is 18.0 Å². The van der Waals surface area contributed by atoms with E-state index in [4.69, 9.17) is 9.47 Å². The highest BCUT2D eigenvalue weighted by atomic mass is 16.5. The van der Waals surface area contributed by atoms with Crippen molar-refractivity contribution in [1.29, 1.82) is 0 Å². The first-order valence-electron chi connectivity index (χ1n) is 12.0. The van der Waals surface area contributed by atoms with E-state index in [-0.39, 0.29) is 24.3 Å². The van der Waals surface area contributed by atoms with Gasteiger partial charge in [-0.15, -0.1) is 0 Å². The lowest BCUT2D eigenvalue weighted by Crippen LogP contribution is -2.44. The maximum absolute atomic E-state index is 13.1. The van der Waals surface area contributed by atoms with Crippen LogP contribution in [0.15, 0.2) is 91.0 Å². The zero-order valence-electron chi connectivity index (χ0n) is 20.1. The molecule has 36 heavy (non-hydrogen) atoms. The minimum Gasteiger partial charge on any atom is -0.467 e. The van der Waals surface area contributed by atoms with E-state index in [9.17, 15) is 14.4 Å². The number of carbonyl (C=O) groups is 3. The molecule has 1 aliphatic rings. The van der Waals surface area contributed by atoms with Crippen LogP contribution >= 0.6 is 0 Å². The van der Waals surface area contributed by atoms with Crippen molar-refractivity contribution in [2.24, 2.45) is 11.8 Å². The normalized spacial score (nSPS) is 17.8. The molecule has 0 spiro atoms. The van der Waals surface area contributed by atoms with Crippen molar-refractivity contribution in [3.63, 3.8) is 0 Å². The highest BCUT2D eigenvalue weighted by Gasteiger charge is 2.49. The van der Waals surface area contributed by atoms with E-state index < -0.39 is 24.1 Å². The number of hydrogen-bond donors (Lipinski definition) is 2. The Morgan fingerprint density at radius 1 is 0.833 bits per heavy atom. The van der Waals surface area contributed by atoms with E-state index in [1.807, 2.05) is 91.0 Å². The Morgan fingerprint density at radius 2 is 1.42 bits per heavy atom. The molecule has 4 atom stereocenters. The molecule has 186 valence electrons. The summed E-state index contributed by atoms with van der Waals surface area (Å²) in [6.07, 6.45) is 0.377. The van der Waals surface area contributed by atoms with Crippen LogP contribution in [0.4, 0.5) is 4.79 Å². The largest absolute Gasteiger partial charge is 0.467 e. The van der Waals surface area contributed by atoms with Gasteiger partial charge in [0.1, 0.15) is 12.6 Å². The summed E-state index contributed by atoms with van der Waals surface area (Å²) in [6.45, 7) is 0.156. The molecular formula is C29H30N2O5. The number of ether oxygens (including phenoxy) is 2. The van der Waals surface area contributed by atoms with E-state index in [0.29, 0.717) is 12.8 Å². The Bertz CT molecular complexity index is 1150. The predicted molar refractivity (Wildman–Crippen MR) is 135 cm³/mol. The zero-order chi connectivity index (χ0) is 25.3. The number of amides is 2. The third-order valence-electron chi connectivity index (χ3n) is 6.33. The van der Waals surface area contributed by atoms with Gasteiger partial charge in [0.15, 0.2) is 0 Å². The molecule has 0 radical (unpaired) electrons. The number of hydrogen-bond acceptors (Lipinski definition) is 5. The lowest BCUT2D eigenvalue weighted by molar-refractivity contribution is -0.145. The van der Waals surface area contributed by atoms with Gasteiger partial charge in [0.2, 0.25) is 5.91 Å². The highest BCUT2D eigenvalue weighted by Crippen LogP contribution is 2.47. The van der Waals surface area contributed by atoms with E-state index in [1.54, 1.807) is 0 Å². The van der Waals surface area contributed by atoms with Crippen molar-refractivity contribution in [3.8, 4) is 0 Å². The molecule has 0 unspecified atom stereocenters. The molecule has 0 aliphatic heterocycles. The number of carbonyl (C=O) groups excluding carboxylic acids is 3. The number of esters is 1. The van der Waals surface area contributed by atoms with Gasteiger partial charge in [-0.25, -0.2) is 9.59 Å². The minimum atomic E-state index is -0.787. The predicted octanol–water partition coefficient (Wildman–Crippen LogP) is 4.19. The Balaban J connectivity index is 1.40. The molecule has 1 fully saturated rings. The van der Waals surface area contributed by atoms with E-state index in [1.165, 1.54) is 7.11 Å². The topological polar surface area (TPSA) is 93.7 Å². The smallest absolute Gasteiger partial charge is 0.407 e. The monoisotopic (exact) mass is 486 g/mol. The number of nitrogens with one attached hydrogen (secondary N) is 2. The maximum Gasteiger partial charge on any atom is 0.407 e. The first-order valence-corrected chi connectivity index (χ1v) is 12.0. The summed E-state index contributed by atoms with van der Waals surface area (Å²) in [5, 5.41) is 5.80. The average molecular weight is 487 g/mol. The molecule has 0 bridgehead atoms. The highest BCUT2D eigenvalue weighted by molar-refractivity contribution is 5.87. The van der Waals surface area contributed by atoms with Crippen molar-refractivity contribution in [3.05, 3.63) is 108 Å². The molecule has 0 heterocycles. The molecule has 0 saturated heterocycles. The van der Waals surface area contributed by atoms with E-state index in [2.05, 4.69) is 10.6 Å². The Labute approximate surface area is 210 Å². The van der Waals surface area contributed by atoms with Crippen molar-refractivity contribution in [1.82, 2.24) is 10.6 Å². The Hall–Kier alpha value is -4.13. The van der Waals surface area contributed by atoms with Gasteiger partial charge in [-0.1, -0.05) is 91.0 Å². The van der Waals surface area contributed by atoms with Gasteiger partial charge in [0, 0.05) is 12.3 Å². The van der Waals surface area contributed by atoms with Crippen LogP contribution in [-0.4, -0.2) is 31.1 Å². The fourth-order valence-electron chi connectivity index (χ4n) is 4.34. The van der Waals surface area contributed by atoms with Crippen molar-refractivity contribution < 1.29 is 23.9 Å². The van der Waals surface area contributed by atoms with Gasteiger partial charge in [0.05, 0.1) is 13.2 Å². The van der Waals surface area contributed by atoms with Crippen LogP contribution in [0.5, 0.6) is 0 Å². The summed E-state index contributed by atoms with van der Waals surface area (Å²) in [6, 6.07) is 27.2. The third-order valence-corrected chi connectivity index (χ3v) is 6.33. The van der Waals surface area contributed by atoms with Crippen LogP contribution in [0.3, 0.4) is 0 Å². The first kappa shape index (κ1) is 25.0. The molecule has 3 aromatic rings. The summed E-state index contributed by atoms with van der Waals surface area (Å²) in [7, 11) is 1.31. The van der Waals surface area contributed by atoms with Crippen LogP contribution in [-0.2, 0) is 32.1 Å². The quantitative estimate of drug-likeness (QED) is 0.419. The fourth-order valence-corrected chi connectivity index (χ4v) is 4.34. The Morgan fingerprint density at radius 3 is 2.03 bits per heavy atom. The summed E-state index contributed by atoms with van der Waals surface area (Å²) in [5.74, 6) is -1.18. The summed E-state index contributed by atoms with van der Waals surface area (Å²) < 4.78 is 10.3. The second-order valence-electron chi connectivity index (χ2n) is 8.87. The molecular weight excluding hydrogens is 456 g/mol. The third kappa shape index (κ3) is 6.72. The van der Waals surface area contributed by atoms with Crippen LogP contribution in [0.1, 0.15) is 29.2 Å². The van der Waals surface area contributed by atoms with Gasteiger partial charge in [-0.3, -0.25) is 4.79 Å². The van der Waals surface area contributed by atoms with Crippen LogP contribution in [0.25, 0.3) is 0 Å². The maximum atomic E-state index is 13.1. The van der Waals surface area contributed by atoms with Crippen molar-refractivity contribution in [2.75, 3.05) is 7.11 Å². The first-order chi connectivity index (χ1) is 17.5. The Kier molecular flexibility index (Phi) is 8.34. The van der Waals surface area contributed by atoms with E-state index in [0.717, 1.165) is 16.7 Å². The fraction of sp³-hybridized carbons (Fsp3) is 0.276. The average Bonchev–Trinajstić information content (AvgIpc) is 3.72. The molecule has 7 nitrogen and oxygen atoms in total. The van der Waals surface area contributed by atoms with Crippen LogP contribution in [0.2, 0.25) is 0 Å². The van der Waals surface area contributed by atoms with Gasteiger partial charge in [-0.05, 0) is 29.0 Å². The molecule has 7 heteroatoms. The number of alkyl carbamates (subject to hydrolysis) is 1. The minimum absolute atomic E-state index is 0.119. The van der Waals surface area contributed by atoms with Gasteiger partial charge in [-0.2, -0.15) is 0 Å². The number of methoxy groups -OCH3 is 1. The molecule has 0 aromatic heterocycles. The number of rotatable bonds is 10. The number of benzene rings is 3. The molecule has 4 rings (SSSR count). The molecule has 3 aromatic carbocycles. The SMILES string of the molecule is COC(=O)[C@H](Cc1ccccc1)NC(=O)[C@H]1C[C@@H]1[C@H](NC(=O)OCc1ccccc1)c1ccccc1. The van der Waals surface area contributed by atoms with Crippen LogP contribution in [0, 0.1) is 11.8 Å². The summed E-state index contributed by atoms with van der Waals surface area (Å²) in [4.78, 5) is 38.1. The zero-order valence-corrected chi connectivity index (χ0v) is 20.1. The second kappa shape index (κ2) is 12.0. The standard InChI is InChI=1S/C29H30N2O5/c1-35-28(33)25(17-20-11-5-2-6-12-20)30-27(32)24-18-23(24)26(22-15-9-4-10-16-22)31-29(34)36-19-21-13-7-3-8-14-21/h2-16,23-26H,17-19H2,1H3,(H,30,32)(H,31,34)/t23-,24-,25-,26+/m0/s1.